The van der Waals surface area contributed by atoms with Gasteiger partial charge in [-0.15, -0.1) is 0 Å². The molecule has 2 aromatic rings. The van der Waals surface area contributed by atoms with Gasteiger partial charge in [-0.25, -0.2) is 0 Å². The van der Waals surface area contributed by atoms with E-state index in [1.165, 1.54) is 11.6 Å². The molecule has 0 aromatic heterocycles. The van der Waals surface area contributed by atoms with Crippen LogP contribution in [0.5, 0.6) is 5.75 Å². The van der Waals surface area contributed by atoms with Crippen molar-refractivity contribution in [3.05, 3.63) is 64.2 Å². The van der Waals surface area contributed by atoms with Crippen molar-refractivity contribution in [3.63, 3.8) is 0 Å². The maximum absolute atomic E-state index is 12.3. The Hall–Kier alpha value is -1.94. The molecule has 1 atom stereocenters. The van der Waals surface area contributed by atoms with Crippen molar-refractivity contribution in [2.45, 2.75) is 33.4 Å². The van der Waals surface area contributed by atoms with E-state index in [0.717, 1.165) is 22.3 Å². The number of benzene rings is 2. The van der Waals surface area contributed by atoms with Crippen molar-refractivity contribution in [1.29, 1.82) is 0 Å². The number of rotatable bonds is 4. The molecule has 0 saturated heterocycles. The van der Waals surface area contributed by atoms with Crippen molar-refractivity contribution < 1.29 is 13.5 Å². The number of hydrogen-bond acceptors (Lipinski definition) is 2. The standard InChI is InChI=1S/C17H19F2NO/c1-10-7-12(3)15(8-11(10)2)16(20)13-5-4-6-14(9-13)21-17(18)19/h4-9,16-17H,20H2,1-3H3. The molecule has 0 amide bonds. The first-order valence-electron chi connectivity index (χ1n) is 6.76. The number of ether oxygens (including phenoxy) is 1. The molecule has 0 radical (unpaired) electrons. The highest BCUT2D eigenvalue weighted by Crippen LogP contribution is 2.27. The quantitative estimate of drug-likeness (QED) is 0.913. The van der Waals surface area contributed by atoms with E-state index >= 15 is 0 Å². The lowest BCUT2D eigenvalue weighted by molar-refractivity contribution is -0.0498. The molecule has 0 bridgehead atoms. The van der Waals surface area contributed by atoms with Gasteiger partial charge in [-0.3, -0.25) is 0 Å². The first-order chi connectivity index (χ1) is 9.88. The van der Waals surface area contributed by atoms with Gasteiger partial charge in [-0.1, -0.05) is 24.3 Å². The zero-order chi connectivity index (χ0) is 15.6. The number of halogens is 2. The van der Waals surface area contributed by atoms with Gasteiger partial charge in [0.1, 0.15) is 5.75 Å². The Bertz CT molecular complexity index is 641. The second-order valence-electron chi connectivity index (χ2n) is 5.22. The predicted octanol–water partition coefficient (Wildman–Crippen LogP) is 4.26. The lowest BCUT2D eigenvalue weighted by Crippen LogP contribution is -2.14. The van der Waals surface area contributed by atoms with Crippen LogP contribution in [-0.2, 0) is 0 Å². The molecular weight excluding hydrogens is 272 g/mol. The fourth-order valence-electron chi connectivity index (χ4n) is 2.38. The molecule has 112 valence electrons. The highest BCUT2D eigenvalue weighted by Gasteiger charge is 2.14. The maximum Gasteiger partial charge on any atom is 0.387 e. The summed E-state index contributed by atoms with van der Waals surface area (Å²) in [6.45, 7) is 3.25. The minimum Gasteiger partial charge on any atom is -0.435 e. The van der Waals surface area contributed by atoms with E-state index in [9.17, 15) is 8.78 Å². The molecule has 0 saturated carbocycles. The van der Waals surface area contributed by atoms with Crippen LogP contribution in [0.3, 0.4) is 0 Å². The van der Waals surface area contributed by atoms with Crippen LogP contribution in [0.1, 0.15) is 33.9 Å². The third kappa shape index (κ3) is 3.58. The molecule has 2 rings (SSSR count). The SMILES string of the molecule is Cc1cc(C)c(C(N)c2cccc(OC(F)F)c2)cc1C. The monoisotopic (exact) mass is 291 g/mol. The molecule has 4 heteroatoms. The van der Waals surface area contributed by atoms with Crippen LogP contribution in [0.2, 0.25) is 0 Å². The Kier molecular flexibility index (Phi) is 4.58. The Labute approximate surface area is 123 Å². The summed E-state index contributed by atoms with van der Waals surface area (Å²) in [5.41, 5.74) is 11.5. The van der Waals surface area contributed by atoms with Gasteiger partial charge in [0.15, 0.2) is 0 Å². The van der Waals surface area contributed by atoms with E-state index in [1.54, 1.807) is 12.1 Å². The molecule has 0 aliphatic heterocycles. The van der Waals surface area contributed by atoms with E-state index in [-0.39, 0.29) is 11.8 Å². The minimum atomic E-state index is -2.83. The second kappa shape index (κ2) is 6.22. The molecule has 2 aromatic carbocycles. The van der Waals surface area contributed by atoms with Gasteiger partial charge in [-0.2, -0.15) is 8.78 Å². The summed E-state index contributed by atoms with van der Waals surface area (Å²) < 4.78 is 29.0. The van der Waals surface area contributed by atoms with Gasteiger partial charge in [0.25, 0.3) is 0 Å². The second-order valence-corrected chi connectivity index (χ2v) is 5.22. The normalized spacial score (nSPS) is 12.5. The average Bonchev–Trinajstić information content (AvgIpc) is 2.41. The van der Waals surface area contributed by atoms with Crippen LogP contribution in [-0.4, -0.2) is 6.61 Å². The van der Waals surface area contributed by atoms with Gasteiger partial charge in [0.05, 0.1) is 6.04 Å². The minimum absolute atomic E-state index is 0.124. The number of nitrogens with two attached hydrogens (primary N) is 1. The van der Waals surface area contributed by atoms with Gasteiger partial charge in [-0.05, 0) is 60.7 Å². The summed E-state index contributed by atoms with van der Waals surface area (Å²) in [5, 5.41) is 0. The van der Waals surface area contributed by atoms with Crippen LogP contribution in [0.4, 0.5) is 8.78 Å². The van der Waals surface area contributed by atoms with Crippen LogP contribution in [0.15, 0.2) is 36.4 Å². The predicted molar refractivity (Wildman–Crippen MR) is 79.8 cm³/mol. The lowest BCUT2D eigenvalue weighted by atomic mass is 9.92. The fourth-order valence-corrected chi connectivity index (χ4v) is 2.38. The van der Waals surface area contributed by atoms with E-state index < -0.39 is 6.61 Å². The van der Waals surface area contributed by atoms with E-state index in [2.05, 4.69) is 23.8 Å². The van der Waals surface area contributed by atoms with Gasteiger partial charge in [0.2, 0.25) is 0 Å². The highest BCUT2D eigenvalue weighted by molar-refractivity contribution is 5.43. The zero-order valence-corrected chi connectivity index (χ0v) is 12.4. The van der Waals surface area contributed by atoms with E-state index in [4.69, 9.17) is 5.73 Å². The summed E-state index contributed by atoms with van der Waals surface area (Å²) in [5.74, 6) is 0.124. The van der Waals surface area contributed by atoms with Crippen LogP contribution in [0, 0.1) is 20.8 Å². The molecule has 21 heavy (non-hydrogen) atoms. The molecule has 0 heterocycles. The van der Waals surface area contributed by atoms with Crippen molar-refractivity contribution in [3.8, 4) is 5.75 Å². The molecule has 2 N–H and O–H groups in total. The Morgan fingerprint density at radius 2 is 1.62 bits per heavy atom. The van der Waals surface area contributed by atoms with Crippen LogP contribution >= 0.6 is 0 Å². The summed E-state index contributed by atoms with van der Waals surface area (Å²) in [4.78, 5) is 0. The van der Waals surface area contributed by atoms with E-state index in [0.29, 0.717) is 0 Å². The Balaban J connectivity index is 2.36. The van der Waals surface area contributed by atoms with Crippen LogP contribution in [0.25, 0.3) is 0 Å². The maximum atomic E-state index is 12.3. The van der Waals surface area contributed by atoms with Crippen molar-refractivity contribution in [2.24, 2.45) is 5.73 Å². The highest BCUT2D eigenvalue weighted by atomic mass is 19.3. The summed E-state index contributed by atoms with van der Waals surface area (Å²) >= 11 is 0. The smallest absolute Gasteiger partial charge is 0.387 e. The molecule has 0 aliphatic rings. The Morgan fingerprint density at radius 3 is 2.29 bits per heavy atom. The average molecular weight is 291 g/mol. The molecule has 0 aliphatic carbocycles. The molecule has 1 unspecified atom stereocenters. The fraction of sp³-hybridized carbons (Fsp3) is 0.294. The summed E-state index contributed by atoms with van der Waals surface area (Å²) in [6.07, 6.45) is 0. The summed E-state index contributed by atoms with van der Waals surface area (Å²) in [7, 11) is 0. The van der Waals surface area contributed by atoms with Crippen molar-refractivity contribution >= 4 is 0 Å². The van der Waals surface area contributed by atoms with Crippen molar-refractivity contribution in [2.75, 3.05) is 0 Å². The largest absolute Gasteiger partial charge is 0.435 e. The molecule has 0 spiro atoms. The molecule has 0 fully saturated rings. The third-order valence-electron chi connectivity index (χ3n) is 3.66. The number of aryl methyl sites for hydroxylation is 3. The lowest BCUT2D eigenvalue weighted by Gasteiger charge is -2.18. The first kappa shape index (κ1) is 15.4. The van der Waals surface area contributed by atoms with Gasteiger partial charge in [0, 0.05) is 0 Å². The van der Waals surface area contributed by atoms with Crippen molar-refractivity contribution in [1.82, 2.24) is 0 Å². The Morgan fingerprint density at radius 1 is 0.952 bits per heavy atom. The topological polar surface area (TPSA) is 35.2 Å². The zero-order valence-electron chi connectivity index (χ0n) is 12.4. The summed E-state index contributed by atoms with van der Waals surface area (Å²) in [6, 6.07) is 10.3. The van der Waals surface area contributed by atoms with E-state index in [1.807, 2.05) is 19.9 Å². The number of hydrogen-bond donors (Lipinski definition) is 1. The molecule has 2 nitrogen and oxygen atoms in total. The number of alkyl halides is 2. The first-order valence-corrected chi connectivity index (χ1v) is 6.76. The van der Waals surface area contributed by atoms with Gasteiger partial charge < -0.3 is 10.5 Å². The third-order valence-corrected chi connectivity index (χ3v) is 3.66. The van der Waals surface area contributed by atoms with Gasteiger partial charge >= 0.3 is 6.61 Å². The molecular formula is C17H19F2NO. The van der Waals surface area contributed by atoms with Crippen LogP contribution < -0.4 is 10.5 Å².